The summed E-state index contributed by atoms with van der Waals surface area (Å²) in [7, 11) is 0. The van der Waals surface area contributed by atoms with E-state index in [4.69, 9.17) is 9.47 Å². The number of para-hydroxylation sites is 1. The average molecular weight is 428 g/mol. The molecule has 162 valence electrons. The van der Waals surface area contributed by atoms with Gasteiger partial charge in [0.1, 0.15) is 0 Å². The third-order valence-corrected chi connectivity index (χ3v) is 5.34. The summed E-state index contributed by atoms with van der Waals surface area (Å²) in [5, 5.41) is 2.53. The van der Waals surface area contributed by atoms with E-state index in [1.165, 1.54) is 0 Å². The summed E-state index contributed by atoms with van der Waals surface area (Å²) >= 11 is 0. The Labute approximate surface area is 186 Å². The Morgan fingerprint density at radius 2 is 1.50 bits per heavy atom. The minimum atomic E-state index is -0.789. The van der Waals surface area contributed by atoms with Gasteiger partial charge >= 0.3 is 12.2 Å². The highest BCUT2D eigenvalue weighted by Gasteiger charge is 2.29. The molecule has 2 amide bonds. The molecule has 0 saturated carbocycles. The lowest BCUT2D eigenvalue weighted by atomic mass is 9.92. The van der Waals surface area contributed by atoms with E-state index in [1.807, 2.05) is 67.6 Å². The molecule has 0 aliphatic heterocycles. The minimum Gasteiger partial charge on any atom is -0.449 e. The van der Waals surface area contributed by atoms with Crippen LogP contribution in [0.5, 0.6) is 0 Å². The third-order valence-electron chi connectivity index (χ3n) is 5.34. The first-order valence-corrected chi connectivity index (χ1v) is 10.6. The molecule has 0 radical (unpaired) electrons. The third kappa shape index (κ3) is 3.75. The quantitative estimate of drug-likeness (QED) is 0.348. The van der Waals surface area contributed by atoms with Gasteiger partial charge in [-0.05, 0) is 55.0 Å². The molecule has 0 saturated heterocycles. The van der Waals surface area contributed by atoms with Gasteiger partial charge in [-0.2, -0.15) is 4.90 Å². The Morgan fingerprint density at radius 3 is 2.16 bits per heavy atom. The van der Waals surface area contributed by atoms with Gasteiger partial charge in [-0.15, -0.1) is 0 Å². The van der Waals surface area contributed by atoms with Crippen molar-refractivity contribution in [3.8, 4) is 11.1 Å². The summed E-state index contributed by atoms with van der Waals surface area (Å²) in [5.41, 5.74) is 4.11. The van der Waals surface area contributed by atoms with Crippen LogP contribution in [0.25, 0.3) is 32.8 Å². The number of ether oxygens (including phenoxy) is 2. The smallest absolute Gasteiger partial charge is 0.424 e. The summed E-state index contributed by atoms with van der Waals surface area (Å²) in [6, 6.07) is 19.5. The van der Waals surface area contributed by atoms with E-state index >= 15 is 0 Å². The molecule has 4 aromatic rings. The van der Waals surface area contributed by atoms with Crippen LogP contribution in [0.3, 0.4) is 0 Å². The zero-order chi connectivity index (χ0) is 22.7. The number of fused-ring (bicyclic) bond motifs is 3. The van der Waals surface area contributed by atoms with E-state index in [-0.39, 0.29) is 13.2 Å². The molecular formula is C26H24N2O4. The lowest BCUT2D eigenvalue weighted by Crippen LogP contribution is -2.38. The number of pyridine rings is 1. The number of nitrogens with zero attached hydrogens (tertiary/aromatic N) is 2. The number of aryl methyl sites for hydroxylation is 1. The number of imide groups is 1. The molecule has 0 bridgehead atoms. The summed E-state index contributed by atoms with van der Waals surface area (Å²) in [4.78, 5) is 31.3. The molecular weight excluding hydrogens is 404 g/mol. The SMILES string of the molecule is CCOC(=O)N(C(=O)OCC)c1cc(-c2ccccc2)c(C)c2c1cnc1ccccc12. The number of hydrogen-bond acceptors (Lipinski definition) is 5. The fraction of sp³-hybridized carbons (Fsp3) is 0.192. The van der Waals surface area contributed by atoms with E-state index in [2.05, 4.69) is 4.98 Å². The Balaban J connectivity index is 2.11. The van der Waals surface area contributed by atoms with Crippen LogP contribution in [0.4, 0.5) is 15.3 Å². The Kier molecular flexibility index (Phi) is 6.03. The first kappa shape index (κ1) is 21.3. The fourth-order valence-electron chi connectivity index (χ4n) is 3.95. The first-order valence-electron chi connectivity index (χ1n) is 10.6. The van der Waals surface area contributed by atoms with Gasteiger partial charge in [0.2, 0.25) is 0 Å². The highest BCUT2D eigenvalue weighted by Crippen LogP contribution is 2.40. The standard InChI is InChI=1S/C26H24N2O4/c1-4-31-25(29)28(26(30)32-5-2)23-15-20(18-11-7-6-8-12-18)17(3)24-19-13-9-10-14-22(19)27-16-21(23)24/h6-16H,4-5H2,1-3H3. The van der Waals surface area contributed by atoms with Gasteiger partial charge < -0.3 is 9.47 Å². The second-order valence-electron chi connectivity index (χ2n) is 7.23. The van der Waals surface area contributed by atoms with Crippen molar-refractivity contribution in [3.05, 3.63) is 72.4 Å². The van der Waals surface area contributed by atoms with Gasteiger partial charge in [0.05, 0.1) is 24.4 Å². The van der Waals surface area contributed by atoms with Crippen molar-refractivity contribution in [1.82, 2.24) is 4.98 Å². The number of carbonyl (C=O) groups is 2. The van der Waals surface area contributed by atoms with E-state index in [0.717, 1.165) is 37.9 Å². The second kappa shape index (κ2) is 9.06. The molecule has 0 aliphatic rings. The largest absolute Gasteiger partial charge is 0.449 e. The highest BCUT2D eigenvalue weighted by molar-refractivity contribution is 6.20. The normalized spacial score (nSPS) is 10.8. The lowest BCUT2D eigenvalue weighted by Gasteiger charge is -2.23. The number of rotatable bonds is 4. The van der Waals surface area contributed by atoms with E-state index in [1.54, 1.807) is 20.0 Å². The van der Waals surface area contributed by atoms with Crippen LogP contribution in [-0.2, 0) is 9.47 Å². The summed E-state index contributed by atoms with van der Waals surface area (Å²) in [6.07, 6.45) is 0.117. The average Bonchev–Trinajstić information content (AvgIpc) is 2.81. The second-order valence-corrected chi connectivity index (χ2v) is 7.23. The topological polar surface area (TPSA) is 68.7 Å². The molecule has 6 nitrogen and oxygen atoms in total. The Bertz CT molecular complexity index is 1280. The van der Waals surface area contributed by atoms with Crippen molar-refractivity contribution < 1.29 is 19.1 Å². The molecule has 0 aliphatic carbocycles. The van der Waals surface area contributed by atoms with E-state index in [0.29, 0.717) is 11.1 Å². The van der Waals surface area contributed by atoms with Gasteiger partial charge in [-0.25, -0.2) is 9.59 Å². The van der Waals surface area contributed by atoms with Crippen LogP contribution in [0.15, 0.2) is 66.9 Å². The highest BCUT2D eigenvalue weighted by atomic mass is 16.6. The molecule has 32 heavy (non-hydrogen) atoms. The van der Waals surface area contributed by atoms with Crippen molar-refractivity contribution >= 4 is 39.5 Å². The maximum Gasteiger partial charge on any atom is 0.424 e. The van der Waals surface area contributed by atoms with Gasteiger partial charge in [-0.1, -0.05) is 48.5 Å². The molecule has 4 rings (SSSR count). The van der Waals surface area contributed by atoms with Crippen molar-refractivity contribution in [2.75, 3.05) is 18.1 Å². The first-order chi connectivity index (χ1) is 15.6. The van der Waals surface area contributed by atoms with Crippen molar-refractivity contribution in [2.24, 2.45) is 0 Å². The Morgan fingerprint density at radius 1 is 0.875 bits per heavy atom. The van der Waals surface area contributed by atoms with Crippen LogP contribution < -0.4 is 4.90 Å². The molecule has 1 aromatic heterocycles. The Hall–Kier alpha value is -3.93. The molecule has 1 heterocycles. The van der Waals surface area contributed by atoms with E-state index in [9.17, 15) is 9.59 Å². The number of amides is 2. The molecule has 0 spiro atoms. The molecule has 3 aromatic carbocycles. The van der Waals surface area contributed by atoms with Crippen LogP contribution in [0.1, 0.15) is 19.4 Å². The number of hydrogen-bond donors (Lipinski definition) is 0. The molecule has 0 atom stereocenters. The van der Waals surface area contributed by atoms with Crippen LogP contribution in [-0.4, -0.2) is 30.4 Å². The van der Waals surface area contributed by atoms with Crippen molar-refractivity contribution in [1.29, 1.82) is 0 Å². The van der Waals surface area contributed by atoms with E-state index < -0.39 is 12.2 Å². The molecule has 0 fully saturated rings. The van der Waals surface area contributed by atoms with Gasteiger partial charge in [0.25, 0.3) is 0 Å². The fourth-order valence-corrected chi connectivity index (χ4v) is 3.95. The molecule has 0 unspecified atom stereocenters. The summed E-state index contributed by atoms with van der Waals surface area (Å²) in [6.45, 7) is 5.69. The molecule has 0 N–H and O–H groups in total. The minimum absolute atomic E-state index is 0.130. The number of benzene rings is 3. The number of anilines is 1. The van der Waals surface area contributed by atoms with Gasteiger partial charge in [0, 0.05) is 17.0 Å². The predicted octanol–water partition coefficient (Wildman–Crippen LogP) is 6.48. The van der Waals surface area contributed by atoms with Gasteiger partial charge in [-0.3, -0.25) is 4.98 Å². The molecule has 6 heteroatoms. The predicted molar refractivity (Wildman–Crippen MR) is 126 cm³/mol. The van der Waals surface area contributed by atoms with Crippen molar-refractivity contribution in [2.45, 2.75) is 20.8 Å². The van der Waals surface area contributed by atoms with Crippen LogP contribution >= 0.6 is 0 Å². The zero-order valence-electron chi connectivity index (χ0n) is 18.3. The van der Waals surface area contributed by atoms with Crippen LogP contribution in [0.2, 0.25) is 0 Å². The van der Waals surface area contributed by atoms with Gasteiger partial charge in [0.15, 0.2) is 0 Å². The summed E-state index contributed by atoms with van der Waals surface area (Å²) in [5.74, 6) is 0. The van der Waals surface area contributed by atoms with Crippen LogP contribution in [0, 0.1) is 6.92 Å². The number of carbonyl (C=O) groups excluding carboxylic acids is 2. The zero-order valence-corrected chi connectivity index (χ0v) is 18.3. The maximum atomic E-state index is 12.9. The monoisotopic (exact) mass is 428 g/mol. The lowest BCUT2D eigenvalue weighted by molar-refractivity contribution is 0.140. The number of aromatic nitrogens is 1. The summed E-state index contributed by atoms with van der Waals surface area (Å²) < 4.78 is 10.4. The maximum absolute atomic E-state index is 12.9. The van der Waals surface area contributed by atoms with Crippen molar-refractivity contribution in [3.63, 3.8) is 0 Å².